The van der Waals surface area contributed by atoms with Crippen molar-refractivity contribution in [2.45, 2.75) is 30.9 Å². The minimum absolute atomic E-state index is 0.0891. The lowest BCUT2D eigenvalue weighted by Gasteiger charge is -2.06. The molecule has 1 aromatic carbocycles. The Labute approximate surface area is 158 Å². The lowest BCUT2D eigenvalue weighted by molar-refractivity contribution is 0.419. The van der Waals surface area contributed by atoms with Crippen LogP contribution in [0.15, 0.2) is 56.1 Å². The Morgan fingerprint density at radius 3 is 2.85 bits per heavy atom. The Morgan fingerprint density at radius 2 is 2.11 bits per heavy atom. The van der Waals surface area contributed by atoms with E-state index in [-0.39, 0.29) is 29.9 Å². The number of hydrogen-bond donors (Lipinski definition) is 1. The van der Waals surface area contributed by atoms with Crippen molar-refractivity contribution in [1.82, 2.24) is 19.7 Å². The fourth-order valence-corrected chi connectivity index (χ4v) is 3.26. The van der Waals surface area contributed by atoms with Gasteiger partial charge in [0.15, 0.2) is 0 Å². The first kappa shape index (κ1) is 18.8. The Morgan fingerprint density at radius 1 is 1.33 bits per heavy atom. The number of allylic oxidation sites excluding steroid dienone is 1. The van der Waals surface area contributed by atoms with E-state index in [0.29, 0.717) is 22.6 Å². The molecular formula is C18H17FN4O3S. The SMILES string of the molecule is C=CCn1c(=O)[nH]c(C)c(Cc2nnc(SCc3ccccc3F)o2)c1=O. The summed E-state index contributed by atoms with van der Waals surface area (Å²) in [5.41, 5.74) is 0.434. The molecule has 0 unspecified atom stereocenters. The summed E-state index contributed by atoms with van der Waals surface area (Å²) in [6.07, 6.45) is 1.56. The van der Waals surface area contributed by atoms with Gasteiger partial charge in [-0.15, -0.1) is 16.8 Å². The first-order chi connectivity index (χ1) is 13.0. The highest BCUT2D eigenvalue weighted by Gasteiger charge is 2.15. The highest BCUT2D eigenvalue weighted by atomic mass is 32.2. The molecule has 0 saturated heterocycles. The van der Waals surface area contributed by atoms with Gasteiger partial charge in [-0.25, -0.2) is 9.18 Å². The zero-order valence-electron chi connectivity index (χ0n) is 14.6. The van der Waals surface area contributed by atoms with E-state index in [1.54, 1.807) is 25.1 Å². The second-order valence-electron chi connectivity index (χ2n) is 5.76. The van der Waals surface area contributed by atoms with Gasteiger partial charge in [-0.05, 0) is 18.6 Å². The maximum absolute atomic E-state index is 13.7. The van der Waals surface area contributed by atoms with Gasteiger partial charge >= 0.3 is 5.69 Å². The van der Waals surface area contributed by atoms with Crippen LogP contribution < -0.4 is 11.2 Å². The number of aromatic nitrogens is 4. The van der Waals surface area contributed by atoms with Crippen LogP contribution in [-0.2, 0) is 18.7 Å². The van der Waals surface area contributed by atoms with Crippen molar-refractivity contribution in [3.63, 3.8) is 0 Å². The molecule has 7 nitrogen and oxygen atoms in total. The van der Waals surface area contributed by atoms with Gasteiger partial charge in [-0.1, -0.05) is 36.0 Å². The third-order valence-electron chi connectivity index (χ3n) is 3.89. The molecule has 3 rings (SSSR count). The molecule has 0 radical (unpaired) electrons. The minimum atomic E-state index is -0.493. The monoisotopic (exact) mass is 388 g/mol. The number of thioether (sulfide) groups is 1. The summed E-state index contributed by atoms with van der Waals surface area (Å²) in [5, 5.41) is 8.13. The summed E-state index contributed by atoms with van der Waals surface area (Å²) in [7, 11) is 0. The Balaban J connectivity index is 1.77. The summed E-state index contributed by atoms with van der Waals surface area (Å²) in [5.74, 6) is 0.290. The number of rotatable bonds is 7. The summed E-state index contributed by atoms with van der Waals surface area (Å²) in [6, 6.07) is 6.46. The third kappa shape index (κ3) is 4.25. The molecule has 0 aliphatic rings. The second kappa shape index (κ2) is 8.17. The number of benzene rings is 1. The quantitative estimate of drug-likeness (QED) is 0.494. The number of halogens is 1. The van der Waals surface area contributed by atoms with Crippen LogP contribution in [0.4, 0.5) is 4.39 Å². The van der Waals surface area contributed by atoms with E-state index in [4.69, 9.17) is 4.42 Å². The third-order valence-corrected chi connectivity index (χ3v) is 4.76. The average molecular weight is 388 g/mol. The van der Waals surface area contributed by atoms with Crippen LogP contribution in [0.25, 0.3) is 0 Å². The molecule has 0 aliphatic heterocycles. The first-order valence-electron chi connectivity index (χ1n) is 8.11. The smallest absolute Gasteiger partial charge is 0.328 e. The van der Waals surface area contributed by atoms with Gasteiger partial charge < -0.3 is 9.40 Å². The van der Waals surface area contributed by atoms with Crippen LogP contribution in [0, 0.1) is 12.7 Å². The number of hydrogen-bond acceptors (Lipinski definition) is 6. The molecule has 2 aromatic heterocycles. The Bertz CT molecular complexity index is 1090. The van der Waals surface area contributed by atoms with Crippen molar-refractivity contribution in [3.05, 3.63) is 86.3 Å². The summed E-state index contributed by atoms with van der Waals surface area (Å²) >= 11 is 1.21. The number of aryl methyl sites for hydroxylation is 1. The highest BCUT2D eigenvalue weighted by molar-refractivity contribution is 7.98. The summed E-state index contributed by atoms with van der Waals surface area (Å²) in [6.45, 7) is 5.29. The molecule has 9 heteroatoms. The van der Waals surface area contributed by atoms with E-state index in [2.05, 4.69) is 21.8 Å². The van der Waals surface area contributed by atoms with Gasteiger partial charge in [0.05, 0.1) is 6.42 Å². The van der Waals surface area contributed by atoms with Crippen LogP contribution in [0.5, 0.6) is 0 Å². The predicted octanol–water partition coefficient (Wildman–Crippen LogP) is 2.44. The molecule has 0 atom stereocenters. The molecule has 0 saturated carbocycles. The predicted molar refractivity (Wildman–Crippen MR) is 99.3 cm³/mol. The highest BCUT2D eigenvalue weighted by Crippen LogP contribution is 2.23. The molecule has 0 fully saturated rings. The molecular weight excluding hydrogens is 371 g/mol. The van der Waals surface area contributed by atoms with Crippen LogP contribution in [0.3, 0.4) is 0 Å². The van der Waals surface area contributed by atoms with Crippen LogP contribution in [-0.4, -0.2) is 19.7 Å². The van der Waals surface area contributed by atoms with Gasteiger partial charge in [-0.2, -0.15) is 0 Å². The molecule has 0 spiro atoms. The van der Waals surface area contributed by atoms with Gasteiger partial charge in [0.2, 0.25) is 5.89 Å². The molecule has 27 heavy (non-hydrogen) atoms. The largest absolute Gasteiger partial charge is 0.416 e. The zero-order chi connectivity index (χ0) is 19.4. The van der Waals surface area contributed by atoms with Crippen molar-refractivity contribution in [1.29, 1.82) is 0 Å². The van der Waals surface area contributed by atoms with E-state index < -0.39 is 11.2 Å². The van der Waals surface area contributed by atoms with Crippen LogP contribution >= 0.6 is 11.8 Å². The zero-order valence-corrected chi connectivity index (χ0v) is 15.4. The fourth-order valence-electron chi connectivity index (χ4n) is 2.50. The van der Waals surface area contributed by atoms with Gasteiger partial charge in [-0.3, -0.25) is 9.36 Å². The van der Waals surface area contributed by atoms with Gasteiger partial charge in [0, 0.05) is 23.6 Å². The van der Waals surface area contributed by atoms with Crippen LogP contribution in [0.1, 0.15) is 22.7 Å². The van der Waals surface area contributed by atoms with Crippen molar-refractivity contribution in [2.75, 3.05) is 0 Å². The number of H-pyrrole nitrogens is 1. The molecule has 1 N–H and O–H groups in total. The maximum atomic E-state index is 13.7. The fraction of sp³-hybridized carbons (Fsp3) is 0.222. The molecule has 3 aromatic rings. The van der Waals surface area contributed by atoms with Crippen molar-refractivity contribution in [2.24, 2.45) is 0 Å². The Kier molecular flexibility index (Phi) is 5.70. The first-order valence-corrected chi connectivity index (χ1v) is 9.10. The van der Waals surface area contributed by atoms with Crippen molar-refractivity contribution >= 4 is 11.8 Å². The molecule has 0 amide bonds. The van der Waals surface area contributed by atoms with E-state index >= 15 is 0 Å². The van der Waals surface area contributed by atoms with Crippen molar-refractivity contribution < 1.29 is 8.81 Å². The van der Waals surface area contributed by atoms with Gasteiger partial charge in [0.25, 0.3) is 10.8 Å². The summed E-state index contributed by atoms with van der Waals surface area (Å²) in [4.78, 5) is 27.0. The summed E-state index contributed by atoms with van der Waals surface area (Å²) < 4.78 is 20.3. The normalized spacial score (nSPS) is 10.9. The maximum Gasteiger partial charge on any atom is 0.328 e. The van der Waals surface area contributed by atoms with E-state index in [1.807, 2.05) is 0 Å². The molecule has 2 heterocycles. The number of nitrogens with one attached hydrogen (secondary N) is 1. The van der Waals surface area contributed by atoms with E-state index in [0.717, 1.165) is 4.57 Å². The molecule has 0 bridgehead atoms. The number of nitrogens with zero attached hydrogens (tertiary/aromatic N) is 3. The van der Waals surface area contributed by atoms with Crippen molar-refractivity contribution in [3.8, 4) is 0 Å². The van der Waals surface area contributed by atoms with Crippen LogP contribution in [0.2, 0.25) is 0 Å². The second-order valence-corrected chi connectivity index (χ2v) is 6.68. The topological polar surface area (TPSA) is 93.8 Å². The molecule has 140 valence electrons. The lowest BCUT2D eigenvalue weighted by Crippen LogP contribution is -2.37. The van der Waals surface area contributed by atoms with Gasteiger partial charge in [0.1, 0.15) is 5.82 Å². The number of aromatic amines is 1. The lowest BCUT2D eigenvalue weighted by atomic mass is 10.1. The Hall–Kier alpha value is -2.94. The standard InChI is InChI=1S/C18H17FN4O3S/c1-3-8-23-16(24)13(11(2)20-17(23)25)9-15-21-22-18(26-15)27-10-12-6-4-5-7-14(12)19/h3-7H,1,8-10H2,2H3,(H,20,25). The van der Waals surface area contributed by atoms with E-state index in [9.17, 15) is 14.0 Å². The minimum Gasteiger partial charge on any atom is -0.416 e. The van der Waals surface area contributed by atoms with E-state index in [1.165, 1.54) is 23.9 Å². The average Bonchev–Trinajstić information content (AvgIpc) is 3.09. The molecule has 0 aliphatic carbocycles.